The minimum absolute atomic E-state index is 0.158. The van der Waals surface area contributed by atoms with Crippen molar-refractivity contribution in [2.75, 3.05) is 19.0 Å². The van der Waals surface area contributed by atoms with Crippen molar-refractivity contribution >= 4 is 5.82 Å². The van der Waals surface area contributed by atoms with E-state index in [0.717, 1.165) is 11.6 Å². The van der Waals surface area contributed by atoms with E-state index in [-0.39, 0.29) is 6.04 Å². The average Bonchev–Trinajstić information content (AvgIpc) is 2.48. The van der Waals surface area contributed by atoms with Crippen LogP contribution in [0.2, 0.25) is 0 Å². The summed E-state index contributed by atoms with van der Waals surface area (Å²) in [6, 6.07) is 13.9. The summed E-state index contributed by atoms with van der Waals surface area (Å²) >= 11 is 0. The number of hydrogen-bond donors (Lipinski definition) is 1. The second-order valence-electron chi connectivity index (χ2n) is 4.43. The van der Waals surface area contributed by atoms with Crippen LogP contribution in [0.5, 0.6) is 11.6 Å². The predicted molar refractivity (Wildman–Crippen MR) is 80.4 cm³/mol. The van der Waals surface area contributed by atoms with Gasteiger partial charge in [0.1, 0.15) is 11.6 Å². The molecule has 0 aliphatic heterocycles. The van der Waals surface area contributed by atoms with Crippen LogP contribution in [0.15, 0.2) is 42.5 Å². The Hall–Kier alpha value is -2.23. The van der Waals surface area contributed by atoms with Gasteiger partial charge in [-0.3, -0.25) is 0 Å². The monoisotopic (exact) mass is 272 g/mol. The molecule has 2 rings (SSSR count). The van der Waals surface area contributed by atoms with Crippen molar-refractivity contribution in [3.05, 3.63) is 48.0 Å². The highest BCUT2D eigenvalue weighted by atomic mass is 16.5. The van der Waals surface area contributed by atoms with Crippen LogP contribution in [0, 0.1) is 0 Å². The third kappa shape index (κ3) is 3.63. The van der Waals surface area contributed by atoms with Crippen molar-refractivity contribution in [3.63, 3.8) is 0 Å². The minimum Gasteiger partial charge on any atom is -0.497 e. The highest BCUT2D eigenvalue weighted by Gasteiger charge is 2.07. The number of hydrogen-bond acceptors (Lipinski definition) is 4. The van der Waals surface area contributed by atoms with Crippen molar-refractivity contribution in [2.45, 2.75) is 19.9 Å². The van der Waals surface area contributed by atoms with Crippen molar-refractivity contribution in [1.82, 2.24) is 4.98 Å². The Morgan fingerprint density at radius 1 is 1.15 bits per heavy atom. The van der Waals surface area contributed by atoms with Gasteiger partial charge in [0.25, 0.3) is 0 Å². The first kappa shape index (κ1) is 14.2. The molecule has 0 amide bonds. The number of anilines is 1. The molecule has 1 atom stereocenters. The van der Waals surface area contributed by atoms with Gasteiger partial charge in [0.05, 0.1) is 13.7 Å². The molecule has 0 spiro atoms. The van der Waals surface area contributed by atoms with Crippen molar-refractivity contribution in [3.8, 4) is 11.6 Å². The first-order valence-corrected chi connectivity index (χ1v) is 6.73. The van der Waals surface area contributed by atoms with E-state index in [1.807, 2.05) is 49.4 Å². The normalized spacial score (nSPS) is 11.8. The zero-order valence-corrected chi connectivity index (χ0v) is 12.1. The number of methoxy groups -OCH3 is 1. The maximum Gasteiger partial charge on any atom is 0.215 e. The molecule has 106 valence electrons. The molecule has 0 aliphatic rings. The molecule has 0 aliphatic carbocycles. The fourth-order valence-electron chi connectivity index (χ4n) is 1.92. The molecule has 0 bridgehead atoms. The summed E-state index contributed by atoms with van der Waals surface area (Å²) in [5.74, 6) is 2.30. The maximum atomic E-state index is 5.40. The summed E-state index contributed by atoms with van der Waals surface area (Å²) in [7, 11) is 1.67. The van der Waals surface area contributed by atoms with Crippen molar-refractivity contribution < 1.29 is 9.47 Å². The smallest absolute Gasteiger partial charge is 0.215 e. The van der Waals surface area contributed by atoms with E-state index < -0.39 is 0 Å². The molecule has 2 aromatic rings. The summed E-state index contributed by atoms with van der Waals surface area (Å²) in [5, 5.41) is 3.36. The third-order valence-electron chi connectivity index (χ3n) is 3.00. The first-order chi connectivity index (χ1) is 9.72. The number of ether oxygens (including phenoxy) is 2. The van der Waals surface area contributed by atoms with E-state index in [0.29, 0.717) is 12.5 Å². The van der Waals surface area contributed by atoms with Crippen LogP contribution in [-0.2, 0) is 0 Å². The second-order valence-corrected chi connectivity index (χ2v) is 4.43. The molecule has 0 fully saturated rings. The van der Waals surface area contributed by atoms with E-state index in [1.165, 1.54) is 5.56 Å². The minimum atomic E-state index is 0.158. The van der Waals surface area contributed by atoms with E-state index in [4.69, 9.17) is 9.47 Å². The van der Waals surface area contributed by atoms with Crippen molar-refractivity contribution in [1.29, 1.82) is 0 Å². The van der Waals surface area contributed by atoms with Gasteiger partial charge in [0, 0.05) is 12.1 Å². The van der Waals surface area contributed by atoms with Crippen LogP contribution in [0.25, 0.3) is 0 Å². The lowest BCUT2D eigenvalue weighted by molar-refractivity contribution is 0.327. The molecule has 0 radical (unpaired) electrons. The summed E-state index contributed by atoms with van der Waals surface area (Å²) in [4.78, 5) is 4.40. The first-order valence-electron chi connectivity index (χ1n) is 6.73. The van der Waals surface area contributed by atoms with Crippen LogP contribution in [-0.4, -0.2) is 18.7 Å². The van der Waals surface area contributed by atoms with E-state index in [9.17, 15) is 0 Å². The fraction of sp³-hybridized carbons (Fsp3) is 0.312. The zero-order valence-electron chi connectivity index (χ0n) is 12.1. The van der Waals surface area contributed by atoms with Gasteiger partial charge in [0.2, 0.25) is 5.88 Å². The van der Waals surface area contributed by atoms with Crippen LogP contribution >= 0.6 is 0 Å². The van der Waals surface area contributed by atoms with Crippen LogP contribution in [0.1, 0.15) is 25.5 Å². The molecule has 4 nitrogen and oxygen atoms in total. The van der Waals surface area contributed by atoms with E-state index in [2.05, 4.69) is 17.2 Å². The lowest BCUT2D eigenvalue weighted by Crippen LogP contribution is -2.08. The molecular formula is C16H20N2O2. The molecule has 1 heterocycles. The third-order valence-corrected chi connectivity index (χ3v) is 3.00. The quantitative estimate of drug-likeness (QED) is 0.871. The van der Waals surface area contributed by atoms with Gasteiger partial charge in [-0.15, -0.1) is 0 Å². The van der Waals surface area contributed by atoms with Gasteiger partial charge in [-0.2, -0.15) is 4.98 Å². The highest BCUT2D eigenvalue weighted by molar-refractivity contribution is 5.41. The molecule has 1 aromatic heterocycles. The number of pyridine rings is 1. The van der Waals surface area contributed by atoms with Gasteiger partial charge in [0.15, 0.2) is 0 Å². The zero-order chi connectivity index (χ0) is 14.4. The Morgan fingerprint density at radius 3 is 2.55 bits per heavy atom. The highest BCUT2D eigenvalue weighted by Crippen LogP contribution is 2.21. The summed E-state index contributed by atoms with van der Waals surface area (Å²) < 4.78 is 10.6. The van der Waals surface area contributed by atoms with Crippen LogP contribution in [0.4, 0.5) is 5.82 Å². The van der Waals surface area contributed by atoms with Gasteiger partial charge >= 0.3 is 0 Å². The lowest BCUT2D eigenvalue weighted by atomic mass is 10.1. The number of benzene rings is 1. The number of nitrogens with zero attached hydrogens (tertiary/aromatic N) is 1. The largest absolute Gasteiger partial charge is 0.497 e. The van der Waals surface area contributed by atoms with Gasteiger partial charge in [-0.25, -0.2) is 0 Å². The number of aromatic nitrogens is 1. The number of rotatable bonds is 6. The predicted octanol–water partition coefficient (Wildman–Crippen LogP) is 3.66. The topological polar surface area (TPSA) is 43.4 Å². The molecule has 0 saturated carbocycles. The molecule has 1 N–H and O–H groups in total. The molecule has 20 heavy (non-hydrogen) atoms. The maximum absolute atomic E-state index is 5.40. The standard InChI is InChI=1S/C16H20N2O2/c1-4-20-16-7-5-6-15(18-16)17-12(2)13-8-10-14(19-3)11-9-13/h5-12H,4H2,1-3H3,(H,17,18). The molecule has 1 aromatic carbocycles. The Bertz CT molecular complexity index is 540. The van der Waals surface area contributed by atoms with Gasteiger partial charge < -0.3 is 14.8 Å². The SMILES string of the molecule is CCOc1cccc(NC(C)c2ccc(OC)cc2)n1. The van der Waals surface area contributed by atoms with Crippen LogP contribution in [0.3, 0.4) is 0 Å². The van der Waals surface area contributed by atoms with E-state index in [1.54, 1.807) is 7.11 Å². The summed E-state index contributed by atoms with van der Waals surface area (Å²) in [5.41, 5.74) is 1.18. The molecule has 4 heteroatoms. The van der Waals surface area contributed by atoms with E-state index >= 15 is 0 Å². The Kier molecular flexibility index (Phi) is 4.82. The molecule has 1 unspecified atom stereocenters. The Balaban J connectivity index is 2.06. The lowest BCUT2D eigenvalue weighted by Gasteiger charge is -2.16. The van der Waals surface area contributed by atoms with Gasteiger partial charge in [-0.1, -0.05) is 18.2 Å². The van der Waals surface area contributed by atoms with Crippen LogP contribution < -0.4 is 14.8 Å². The molecule has 0 saturated heterocycles. The fourth-order valence-corrected chi connectivity index (χ4v) is 1.92. The van der Waals surface area contributed by atoms with Crippen molar-refractivity contribution in [2.24, 2.45) is 0 Å². The molecular weight excluding hydrogens is 252 g/mol. The van der Waals surface area contributed by atoms with Gasteiger partial charge in [-0.05, 0) is 37.6 Å². The Morgan fingerprint density at radius 2 is 1.90 bits per heavy atom. The summed E-state index contributed by atoms with van der Waals surface area (Å²) in [6.45, 7) is 4.66. The number of nitrogens with one attached hydrogen (secondary N) is 1. The Labute approximate surface area is 119 Å². The summed E-state index contributed by atoms with van der Waals surface area (Å²) in [6.07, 6.45) is 0. The average molecular weight is 272 g/mol. The second kappa shape index (κ2) is 6.80.